The third-order valence-electron chi connectivity index (χ3n) is 4.30. The van der Waals surface area contributed by atoms with E-state index in [1.54, 1.807) is 11.9 Å². The zero-order valence-corrected chi connectivity index (χ0v) is 11.8. The van der Waals surface area contributed by atoms with E-state index in [-0.39, 0.29) is 5.91 Å². The lowest BCUT2D eigenvalue weighted by Crippen LogP contribution is -2.50. The Morgan fingerprint density at radius 1 is 1.42 bits per heavy atom. The summed E-state index contributed by atoms with van der Waals surface area (Å²) in [6.07, 6.45) is 3.64. The summed E-state index contributed by atoms with van der Waals surface area (Å²) in [7, 11) is 1.79. The molecule has 0 bridgehead atoms. The maximum absolute atomic E-state index is 11.9. The number of amides is 1. The van der Waals surface area contributed by atoms with E-state index in [1.807, 2.05) is 0 Å². The van der Waals surface area contributed by atoms with Gasteiger partial charge in [0.25, 0.3) is 0 Å². The lowest BCUT2D eigenvalue weighted by molar-refractivity contribution is -0.130. The molecule has 0 aliphatic carbocycles. The summed E-state index contributed by atoms with van der Waals surface area (Å²) in [4.78, 5) is 18.6. The van der Waals surface area contributed by atoms with Crippen molar-refractivity contribution in [2.45, 2.75) is 31.7 Å². The summed E-state index contributed by atoms with van der Waals surface area (Å²) in [5, 5.41) is 8.52. The molecule has 0 aromatic heterocycles. The van der Waals surface area contributed by atoms with Crippen LogP contribution >= 0.6 is 0 Å². The minimum Gasteiger partial charge on any atom is -0.345 e. The third-order valence-corrected chi connectivity index (χ3v) is 4.30. The number of piperazine rings is 1. The molecule has 19 heavy (non-hydrogen) atoms. The Kier molecular flexibility index (Phi) is 5.17. The number of fused-ring (bicyclic) bond motifs is 1. The largest absolute Gasteiger partial charge is 0.345 e. The van der Waals surface area contributed by atoms with E-state index in [4.69, 9.17) is 5.26 Å². The van der Waals surface area contributed by atoms with Crippen molar-refractivity contribution in [2.75, 3.05) is 46.3 Å². The maximum Gasteiger partial charge on any atom is 0.223 e. The molecular formula is C14H24N4O. The fourth-order valence-electron chi connectivity index (χ4n) is 3.05. The first kappa shape index (κ1) is 14.3. The number of nitriles is 1. The maximum atomic E-state index is 11.9. The summed E-state index contributed by atoms with van der Waals surface area (Å²) >= 11 is 0. The lowest BCUT2D eigenvalue weighted by Gasteiger charge is -2.37. The molecule has 5 nitrogen and oxygen atoms in total. The summed E-state index contributed by atoms with van der Waals surface area (Å²) in [6.45, 7) is 6.03. The molecular weight excluding hydrogens is 240 g/mol. The molecule has 0 spiro atoms. The van der Waals surface area contributed by atoms with Gasteiger partial charge in [0.15, 0.2) is 0 Å². The fraction of sp³-hybridized carbons (Fsp3) is 0.857. The highest BCUT2D eigenvalue weighted by Gasteiger charge is 2.30. The highest BCUT2D eigenvalue weighted by Crippen LogP contribution is 2.21. The van der Waals surface area contributed by atoms with Crippen molar-refractivity contribution < 1.29 is 4.79 Å². The van der Waals surface area contributed by atoms with Crippen LogP contribution in [0.5, 0.6) is 0 Å². The molecule has 1 unspecified atom stereocenters. The molecule has 1 atom stereocenters. The second kappa shape index (κ2) is 6.88. The second-order valence-electron chi connectivity index (χ2n) is 5.61. The smallest absolute Gasteiger partial charge is 0.223 e. The Morgan fingerprint density at radius 3 is 3.05 bits per heavy atom. The minimum atomic E-state index is 0.157. The first-order valence-electron chi connectivity index (χ1n) is 7.28. The van der Waals surface area contributed by atoms with E-state index in [2.05, 4.69) is 15.9 Å². The van der Waals surface area contributed by atoms with Crippen molar-refractivity contribution in [3.8, 4) is 6.07 Å². The van der Waals surface area contributed by atoms with Crippen LogP contribution < -0.4 is 0 Å². The van der Waals surface area contributed by atoms with Gasteiger partial charge in [0.2, 0.25) is 5.91 Å². The average molecular weight is 264 g/mol. The molecule has 0 aromatic rings. The molecule has 2 aliphatic heterocycles. The van der Waals surface area contributed by atoms with Gasteiger partial charge in [-0.2, -0.15) is 5.26 Å². The Bertz CT molecular complexity index is 352. The number of carbonyl (C=O) groups is 1. The molecule has 2 fully saturated rings. The third kappa shape index (κ3) is 3.92. The first-order valence-corrected chi connectivity index (χ1v) is 7.28. The minimum absolute atomic E-state index is 0.157. The molecule has 2 aliphatic rings. The van der Waals surface area contributed by atoms with Gasteiger partial charge in [-0.25, -0.2) is 0 Å². The summed E-state index contributed by atoms with van der Waals surface area (Å²) in [5.41, 5.74) is 0. The van der Waals surface area contributed by atoms with Crippen LogP contribution in [0.4, 0.5) is 0 Å². The normalized spacial score (nSPS) is 23.9. The van der Waals surface area contributed by atoms with Crippen LogP contribution in [-0.4, -0.2) is 73.0 Å². The van der Waals surface area contributed by atoms with E-state index < -0.39 is 0 Å². The van der Waals surface area contributed by atoms with Gasteiger partial charge in [-0.3, -0.25) is 14.6 Å². The van der Waals surface area contributed by atoms with Crippen molar-refractivity contribution in [3.63, 3.8) is 0 Å². The highest BCUT2D eigenvalue weighted by molar-refractivity contribution is 5.76. The Morgan fingerprint density at radius 2 is 2.26 bits per heavy atom. The van der Waals surface area contributed by atoms with Crippen molar-refractivity contribution >= 4 is 5.91 Å². The van der Waals surface area contributed by atoms with Crippen molar-refractivity contribution in [1.82, 2.24) is 14.7 Å². The SMILES string of the molecule is CN(CCC#N)C(=O)CCN1CCN2CCCC2C1. The van der Waals surface area contributed by atoms with Gasteiger partial charge in [-0.15, -0.1) is 0 Å². The van der Waals surface area contributed by atoms with Crippen LogP contribution in [0.25, 0.3) is 0 Å². The Hall–Kier alpha value is -1.12. The molecule has 106 valence electrons. The van der Waals surface area contributed by atoms with Gasteiger partial charge in [-0.1, -0.05) is 0 Å². The van der Waals surface area contributed by atoms with Crippen LogP contribution in [0.2, 0.25) is 0 Å². The molecule has 2 heterocycles. The highest BCUT2D eigenvalue weighted by atomic mass is 16.2. The standard InChI is InChI=1S/C14H24N4O/c1-16(7-3-6-15)14(19)5-9-17-10-11-18-8-2-4-13(18)12-17/h13H,2-5,7-12H2,1H3. The molecule has 0 radical (unpaired) electrons. The zero-order valence-electron chi connectivity index (χ0n) is 11.8. The van der Waals surface area contributed by atoms with E-state index in [0.717, 1.165) is 32.2 Å². The molecule has 2 rings (SSSR count). The van der Waals surface area contributed by atoms with Crippen molar-refractivity contribution in [1.29, 1.82) is 5.26 Å². The summed E-state index contributed by atoms with van der Waals surface area (Å²) in [5.74, 6) is 0.157. The zero-order chi connectivity index (χ0) is 13.7. The number of carbonyl (C=O) groups excluding carboxylic acids is 1. The van der Waals surface area contributed by atoms with Crippen LogP contribution in [-0.2, 0) is 4.79 Å². The number of nitrogens with zero attached hydrogens (tertiary/aromatic N) is 4. The Balaban J connectivity index is 1.68. The number of hydrogen-bond acceptors (Lipinski definition) is 4. The van der Waals surface area contributed by atoms with E-state index >= 15 is 0 Å². The predicted octanol–water partition coefficient (Wildman–Crippen LogP) is 0.529. The molecule has 2 saturated heterocycles. The number of hydrogen-bond donors (Lipinski definition) is 0. The van der Waals surface area contributed by atoms with Gasteiger partial charge < -0.3 is 4.90 Å². The van der Waals surface area contributed by atoms with E-state index in [9.17, 15) is 4.79 Å². The molecule has 0 N–H and O–H groups in total. The second-order valence-corrected chi connectivity index (χ2v) is 5.61. The number of rotatable bonds is 5. The monoisotopic (exact) mass is 264 g/mol. The summed E-state index contributed by atoms with van der Waals surface area (Å²) in [6, 6.07) is 2.80. The van der Waals surface area contributed by atoms with Crippen LogP contribution in [0.15, 0.2) is 0 Å². The van der Waals surface area contributed by atoms with Crippen molar-refractivity contribution in [2.24, 2.45) is 0 Å². The van der Waals surface area contributed by atoms with Crippen LogP contribution in [0, 0.1) is 11.3 Å². The van der Waals surface area contributed by atoms with Crippen molar-refractivity contribution in [3.05, 3.63) is 0 Å². The van der Waals surface area contributed by atoms with Gasteiger partial charge in [0.05, 0.1) is 12.5 Å². The van der Waals surface area contributed by atoms with Gasteiger partial charge in [-0.05, 0) is 19.4 Å². The van der Waals surface area contributed by atoms with E-state index in [1.165, 1.54) is 19.4 Å². The summed E-state index contributed by atoms with van der Waals surface area (Å²) < 4.78 is 0. The molecule has 5 heteroatoms. The first-order chi connectivity index (χ1) is 9.20. The van der Waals surface area contributed by atoms with Crippen LogP contribution in [0.3, 0.4) is 0 Å². The van der Waals surface area contributed by atoms with Gasteiger partial charge >= 0.3 is 0 Å². The molecule has 0 saturated carbocycles. The molecule has 0 aromatic carbocycles. The fourth-order valence-corrected chi connectivity index (χ4v) is 3.05. The van der Waals surface area contributed by atoms with Crippen LogP contribution in [0.1, 0.15) is 25.7 Å². The predicted molar refractivity (Wildman–Crippen MR) is 73.5 cm³/mol. The Labute approximate surface area is 115 Å². The van der Waals surface area contributed by atoms with Gasteiger partial charge in [0, 0.05) is 52.2 Å². The lowest BCUT2D eigenvalue weighted by atomic mass is 10.1. The quantitative estimate of drug-likeness (QED) is 0.727. The molecule has 1 amide bonds. The topological polar surface area (TPSA) is 50.6 Å². The van der Waals surface area contributed by atoms with Gasteiger partial charge in [0.1, 0.15) is 0 Å². The average Bonchev–Trinajstić information content (AvgIpc) is 2.89. The van der Waals surface area contributed by atoms with E-state index in [0.29, 0.717) is 19.4 Å².